The number of carbonyl (C=O) groups excluding carboxylic acids is 1. The number of nitrogens with one attached hydrogen (secondary N) is 1. The molecule has 2 aliphatic rings. The predicted octanol–water partition coefficient (Wildman–Crippen LogP) is 3.42. The average molecular weight is 515 g/mol. The molecule has 1 fully saturated rings. The lowest BCUT2D eigenvalue weighted by atomic mass is 10.2. The second-order valence-corrected chi connectivity index (χ2v) is 10.0. The van der Waals surface area contributed by atoms with Crippen LogP contribution in [-0.4, -0.2) is 57.6 Å². The number of halogens is 1. The number of amides is 1. The smallest absolute Gasteiger partial charge is 0.269 e. The molecule has 0 spiro atoms. The van der Waals surface area contributed by atoms with Gasteiger partial charge in [0, 0.05) is 13.1 Å². The third-order valence-corrected chi connectivity index (χ3v) is 7.55. The van der Waals surface area contributed by atoms with Gasteiger partial charge in [-0.2, -0.15) is 4.31 Å². The molecule has 1 saturated heterocycles. The van der Waals surface area contributed by atoms with Crippen molar-refractivity contribution in [2.24, 2.45) is 0 Å². The molecule has 2 aliphatic heterocycles. The zero-order valence-corrected chi connectivity index (χ0v) is 19.9. The van der Waals surface area contributed by atoms with Gasteiger partial charge in [0.25, 0.3) is 5.91 Å². The Hall–Kier alpha value is -3.67. The Morgan fingerprint density at radius 2 is 1.72 bits per heavy atom. The van der Waals surface area contributed by atoms with E-state index in [0.717, 1.165) is 0 Å². The minimum Gasteiger partial charge on any atom is -0.485 e. The van der Waals surface area contributed by atoms with Crippen LogP contribution in [0.5, 0.6) is 23.0 Å². The Bertz CT molecular complexity index is 1360. The first-order chi connectivity index (χ1) is 17.4. The maximum Gasteiger partial charge on any atom is 0.269 e. The topological polar surface area (TPSA) is 103 Å². The summed E-state index contributed by atoms with van der Waals surface area (Å²) in [5.41, 5.74) is 0.112. The molecule has 11 heteroatoms. The number of hydrogen-bond donors (Lipinski definition) is 1. The number of ether oxygens (including phenoxy) is 4. The molecule has 36 heavy (non-hydrogen) atoms. The minimum absolute atomic E-state index is 0.0164. The van der Waals surface area contributed by atoms with Gasteiger partial charge in [0.2, 0.25) is 16.1 Å². The number of nitrogens with zero attached hydrogens (tertiary/aromatic N) is 1. The lowest BCUT2D eigenvalue weighted by molar-refractivity contribution is -0.125. The van der Waals surface area contributed by atoms with E-state index >= 15 is 0 Å². The zero-order chi connectivity index (χ0) is 25.1. The molecule has 0 saturated carbocycles. The summed E-state index contributed by atoms with van der Waals surface area (Å²) >= 11 is 0. The average Bonchev–Trinajstić information content (AvgIpc) is 2.91. The van der Waals surface area contributed by atoms with Crippen LogP contribution in [-0.2, 0) is 19.6 Å². The fourth-order valence-corrected chi connectivity index (χ4v) is 5.22. The number of carbonyl (C=O) groups is 1. The molecule has 0 aliphatic carbocycles. The number of hydrogen-bond acceptors (Lipinski definition) is 7. The summed E-state index contributed by atoms with van der Waals surface area (Å²) in [5, 5.41) is 2.71. The van der Waals surface area contributed by atoms with Crippen molar-refractivity contribution in [2.45, 2.75) is 11.0 Å². The van der Waals surface area contributed by atoms with Gasteiger partial charge in [-0.3, -0.25) is 4.79 Å². The molecule has 0 radical (unpaired) electrons. The summed E-state index contributed by atoms with van der Waals surface area (Å²) in [6.07, 6.45) is -0.974. The SMILES string of the molecule is O=C(Nc1cc(S(=O)(=O)N2CCOCC2)ccc1Oc1ccc(F)cc1)C1COc2ccccc2O1. The van der Waals surface area contributed by atoms with E-state index in [1.807, 2.05) is 0 Å². The van der Waals surface area contributed by atoms with E-state index < -0.39 is 27.9 Å². The fraction of sp³-hybridized carbons (Fsp3) is 0.240. The highest BCUT2D eigenvalue weighted by Gasteiger charge is 2.30. The Balaban J connectivity index is 1.43. The van der Waals surface area contributed by atoms with E-state index in [9.17, 15) is 17.6 Å². The number of anilines is 1. The molecule has 1 amide bonds. The Morgan fingerprint density at radius 3 is 2.47 bits per heavy atom. The van der Waals surface area contributed by atoms with Crippen molar-refractivity contribution in [3.63, 3.8) is 0 Å². The zero-order valence-electron chi connectivity index (χ0n) is 19.1. The second-order valence-electron chi connectivity index (χ2n) is 8.08. The Morgan fingerprint density at radius 1 is 1.00 bits per heavy atom. The number of benzene rings is 3. The first-order valence-electron chi connectivity index (χ1n) is 11.2. The van der Waals surface area contributed by atoms with Crippen molar-refractivity contribution < 1.29 is 36.6 Å². The summed E-state index contributed by atoms with van der Waals surface area (Å²) < 4.78 is 63.6. The van der Waals surface area contributed by atoms with E-state index in [0.29, 0.717) is 30.5 Å². The number of rotatable bonds is 6. The van der Waals surface area contributed by atoms with Crippen molar-refractivity contribution in [3.8, 4) is 23.0 Å². The number of morpholine rings is 1. The van der Waals surface area contributed by atoms with Gasteiger partial charge in [-0.05, 0) is 54.6 Å². The lowest BCUT2D eigenvalue weighted by Gasteiger charge is -2.27. The molecule has 188 valence electrons. The molecule has 2 heterocycles. The highest BCUT2D eigenvalue weighted by atomic mass is 32.2. The van der Waals surface area contributed by atoms with Crippen molar-refractivity contribution in [1.82, 2.24) is 4.31 Å². The predicted molar refractivity (Wildman–Crippen MR) is 127 cm³/mol. The van der Waals surface area contributed by atoms with Crippen molar-refractivity contribution in [1.29, 1.82) is 0 Å². The van der Waals surface area contributed by atoms with Gasteiger partial charge in [0.1, 0.15) is 18.2 Å². The van der Waals surface area contributed by atoms with Crippen LogP contribution in [0, 0.1) is 5.82 Å². The van der Waals surface area contributed by atoms with Gasteiger partial charge >= 0.3 is 0 Å². The molecular weight excluding hydrogens is 491 g/mol. The van der Waals surface area contributed by atoms with Crippen LogP contribution in [0.3, 0.4) is 0 Å². The first kappa shape index (κ1) is 24.0. The third-order valence-electron chi connectivity index (χ3n) is 5.66. The van der Waals surface area contributed by atoms with Crippen molar-refractivity contribution in [3.05, 3.63) is 72.5 Å². The molecule has 3 aromatic carbocycles. The Kier molecular flexibility index (Phi) is 6.77. The quantitative estimate of drug-likeness (QED) is 0.538. The summed E-state index contributed by atoms with van der Waals surface area (Å²) in [4.78, 5) is 13.1. The number of fused-ring (bicyclic) bond motifs is 1. The molecule has 1 atom stereocenters. The maximum absolute atomic E-state index is 13.3. The molecule has 0 aromatic heterocycles. The summed E-state index contributed by atoms with van der Waals surface area (Å²) in [7, 11) is -3.84. The maximum atomic E-state index is 13.3. The van der Waals surface area contributed by atoms with E-state index in [1.54, 1.807) is 24.3 Å². The van der Waals surface area contributed by atoms with Gasteiger partial charge in [0.15, 0.2) is 17.2 Å². The van der Waals surface area contributed by atoms with Crippen LogP contribution in [0.4, 0.5) is 10.1 Å². The Labute approximate surface area is 207 Å². The van der Waals surface area contributed by atoms with Crippen LogP contribution in [0.1, 0.15) is 0 Å². The number of para-hydroxylation sites is 2. The minimum atomic E-state index is -3.84. The molecule has 1 unspecified atom stereocenters. The summed E-state index contributed by atoms with van der Waals surface area (Å²) in [6, 6.07) is 16.5. The van der Waals surface area contributed by atoms with E-state index in [-0.39, 0.29) is 36.0 Å². The van der Waals surface area contributed by atoms with Gasteiger partial charge in [0.05, 0.1) is 23.8 Å². The molecule has 1 N–H and O–H groups in total. The largest absolute Gasteiger partial charge is 0.485 e. The van der Waals surface area contributed by atoms with Gasteiger partial charge in [-0.25, -0.2) is 12.8 Å². The van der Waals surface area contributed by atoms with Gasteiger partial charge < -0.3 is 24.3 Å². The van der Waals surface area contributed by atoms with Crippen LogP contribution in [0.2, 0.25) is 0 Å². The van der Waals surface area contributed by atoms with Crippen LogP contribution >= 0.6 is 0 Å². The van der Waals surface area contributed by atoms with E-state index in [1.165, 1.54) is 46.8 Å². The van der Waals surface area contributed by atoms with Crippen LogP contribution in [0.25, 0.3) is 0 Å². The molecule has 5 rings (SSSR count). The third kappa shape index (κ3) is 5.13. The lowest BCUT2D eigenvalue weighted by Crippen LogP contribution is -2.41. The molecular formula is C25H23FN2O7S. The van der Waals surface area contributed by atoms with Gasteiger partial charge in [-0.15, -0.1) is 0 Å². The van der Waals surface area contributed by atoms with Crippen LogP contribution in [0.15, 0.2) is 71.6 Å². The summed E-state index contributed by atoms with van der Waals surface area (Å²) in [5.74, 6) is 0.456. The molecule has 3 aromatic rings. The normalized spacial score (nSPS) is 17.9. The van der Waals surface area contributed by atoms with Crippen molar-refractivity contribution in [2.75, 3.05) is 38.2 Å². The summed E-state index contributed by atoms with van der Waals surface area (Å²) in [6.45, 7) is 1.03. The van der Waals surface area contributed by atoms with Crippen LogP contribution < -0.4 is 19.5 Å². The van der Waals surface area contributed by atoms with Gasteiger partial charge in [-0.1, -0.05) is 12.1 Å². The standard InChI is InChI=1S/C25H23FN2O7S/c26-17-5-7-18(8-6-17)34-21-10-9-19(36(30,31)28-11-13-32-14-12-28)15-20(21)27-25(29)24-16-33-22-3-1-2-4-23(22)35-24/h1-10,15,24H,11-14,16H2,(H,27,29). The highest BCUT2D eigenvalue weighted by Crippen LogP contribution is 2.35. The van der Waals surface area contributed by atoms with E-state index in [2.05, 4.69) is 5.32 Å². The van der Waals surface area contributed by atoms with E-state index in [4.69, 9.17) is 18.9 Å². The molecule has 0 bridgehead atoms. The highest BCUT2D eigenvalue weighted by molar-refractivity contribution is 7.89. The fourth-order valence-electron chi connectivity index (χ4n) is 3.78. The second kappa shape index (κ2) is 10.1. The monoisotopic (exact) mass is 514 g/mol. The first-order valence-corrected chi connectivity index (χ1v) is 12.7. The number of sulfonamides is 1. The molecule has 9 nitrogen and oxygen atoms in total. The van der Waals surface area contributed by atoms with Crippen molar-refractivity contribution >= 4 is 21.6 Å².